The Kier molecular flexibility index (Phi) is 5.09. The molecule has 1 aromatic carbocycles. The highest BCUT2D eigenvalue weighted by Crippen LogP contribution is 2.36. The Hall–Kier alpha value is -0.0100. The van der Waals surface area contributed by atoms with E-state index in [2.05, 4.69) is 20.7 Å². The predicted molar refractivity (Wildman–Crippen MR) is 75.2 cm³/mol. The normalized spacial score (nSPS) is 13.5. The van der Waals surface area contributed by atoms with Crippen molar-refractivity contribution in [1.82, 2.24) is 0 Å². The van der Waals surface area contributed by atoms with Crippen LogP contribution < -0.4 is 10.5 Å². The Morgan fingerprint density at radius 2 is 2.00 bits per heavy atom. The van der Waals surface area contributed by atoms with Gasteiger partial charge in [-0.15, -0.1) is 0 Å². The zero-order chi connectivity index (χ0) is 13.2. The lowest BCUT2D eigenvalue weighted by molar-refractivity contribution is 0.589. The standard InChI is InChI=1S/C9H11BrCl2N2O2S/c1-5(4-13)17(15,16)14-7-3-2-6(10)8(11)9(7)12/h2-3,5,14H,4,13H2,1H3. The number of rotatable bonds is 4. The van der Waals surface area contributed by atoms with Gasteiger partial charge < -0.3 is 5.73 Å². The molecule has 0 saturated carbocycles. The fourth-order valence-electron chi connectivity index (χ4n) is 0.985. The SMILES string of the molecule is CC(CN)S(=O)(=O)Nc1ccc(Br)c(Cl)c1Cl. The molecule has 0 bridgehead atoms. The third-order valence-corrected chi connectivity index (χ3v) is 5.68. The van der Waals surface area contributed by atoms with Crippen molar-refractivity contribution in [2.45, 2.75) is 12.2 Å². The lowest BCUT2D eigenvalue weighted by Gasteiger charge is -2.14. The zero-order valence-electron chi connectivity index (χ0n) is 8.88. The van der Waals surface area contributed by atoms with Crippen molar-refractivity contribution in [2.24, 2.45) is 5.73 Å². The topological polar surface area (TPSA) is 72.2 Å². The van der Waals surface area contributed by atoms with Gasteiger partial charge >= 0.3 is 0 Å². The van der Waals surface area contributed by atoms with E-state index in [0.29, 0.717) is 4.47 Å². The molecule has 8 heteroatoms. The smallest absolute Gasteiger partial charge is 0.236 e. The van der Waals surface area contributed by atoms with Crippen LogP contribution in [0.15, 0.2) is 16.6 Å². The summed E-state index contributed by atoms with van der Waals surface area (Å²) in [5, 5.41) is -0.304. The lowest BCUT2D eigenvalue weighted by Crippen LogP contribution is -2.31. The van der Waals surface area contributed by atoms with Crippen molar-refractivity contribution in [3.05, 3.63) is 26.7 Å². The first-order valence-corrected chi connectivity index (χ1v) is 7.74. The molecule has 0 amide bonds. The minimum Gasteiger partial charge on any atom is -0.329 e. The van der Waals surface area contributed by atoms with Crippen molar-refractivity contribution in [3.8, 4) is 0 Å². The second-order valence-corrected chi connectivity index (χ2v) is 7.13. The number of hydrogen-bond donors (Lipinski definition) is 2. The summed E-state index contributed by atoms with van der Waals surface area (Å²) in [6.45, 7) is 1.54. The number of anilines is 1. The summed E-state index contributed by atoms with van der Waals surface area (Å²) < 4.78 is 26.5. The van der Waals surface area contributed by atoms with Crippen LogP contribution in [-0.4, -0.2) is 20.2 Å². The van der Waals surface area contributed by atoms with E-state index in [9.17, 15) is 8.42 Å². The Labute approximate surface area is 119 Å². The van der Waals surface area contributed by atoms with Crippen LogP contribution in [0, 0.1) is 0 Å². The highest BCUT2D eigenvalue weighted by atomic mass is 79.9. The molecular weight excluding hydrogens is 351 g/mol. The number of halogens is 3. The average Bonchev–Trinajstić information content (AvgIpc) is 2.28. The van der Waals surface area contributed by atoms with Crippen molar-refractivity contribution in [1.29, 1.82) is 0 Å². The largest absolute Gasteiger partial charge is 0.329 e. The molecule has 3 N–H and O–H groups in total. The molecule has 1 rings (SSSR count). The first kappa shape index (κ1) is 15.0. The first-order chi connectivity index (χ1) is 7.79. The van der Waals surface area contributed by atoms with E-state index >= 15 is 0 Å². The van der Waals surface area contributed by atoms with E-state index in [0.717, 1.165) is 0 Å². The Morgan fingerprint density at radius 1 is 1.41 bits per heavy atom. The molecule has 0 aromatic heterocycles. The van der Waals surface area contributed by atoms with E-state index < -0.39 is 15.3 Å². The number of sulfonamides is 1. The summed E-state index contributed by atoms with van der Waals surface area (Å²) in [5.74, 6) is 0. The van der Waals surface area contributed by atoms with E-state index in [4.69, 9.17) is 28.9 Å². The minimum absolute atomic E-state index is 0.0250. The summed E-state index contributed by atoms with van der Waals surface area (Å²) in [6, 6.07) is 3.14. The van der Waals surface area contributed by atoms with Gasteiger partial charge in [0, 0.05) is 11.0 Å². The second-order valence-electron chi connectivity index (χ2n) is 3.42. The number of hydrogen-bond acceptors (Lipinski definition) is 3. The van der Waals surface area contributed by atoms with Crippen LogP contribution in [0.3, 0.4) is 0 Å². The van der Waals surface area contributed by atoms with Crippen LogP contribution in [-0.2, 0) is 10.0 Å². The monoisotopic (exact) mass is 360 g/mol. The molecule has 0 radical (unpaired) electrons. The molecule has 0 aliphatic carbocycles. The maximum absolute atomic E-state index is 11.8. The first-order valence-electron chi connectivity index (χ1n) is 4.64. The van der Waals surface area contributed by atoms with Crippen molar-refractivity contribution in [3.63, 3.8) is 0 Å². The summed E-state index contributed by atoms with van der Waals surface area (Å²) >= 11 is 15.0. The molecule has 1 unspecified atom stereocenters. The number of benzene rings is 1. The minimum atomic E-state index is -3.55. The second kappa shape index (κ2) is 5.75. The molecule has 0 spiro atoms. The van der Waals surface area contributed by atoms with Gasteiger partial charge in [-0.3, -0.25) is 4.72 Å². The quantitative estimate of drug-likeness (QED) is 0.810. The maximum atomic E-state index is 11.8. The molecule has 0 fully saturated rings. The van der Waals surface area contributed by atoms with Crippen molar-refractivity contribution < 1.29 is 8.42 Å². The fourth-order valence-corrected chi connectivity index (χ4v) is 2.79. The Bertz CT molecular complexity index is 522. The molecule has 17 heavy (non-hydrogen) atoms. The molecule has 0 heterocycles. The highest BCUT2D eigenvalue weighted by Gasteiger charge is 2.21. The zero-order valence-corrected chi connectivity index (χ0v) is 12.8. The third-order valence-electron chi connectivity index (χ3n) is 2.15. The van der Waals surface area contributed by atoms with E-state index in [1.807, 2.05) is 0 Å². The van der Waals surface area contributed by atoms with Crippen LogP contribution in [0.1, 0.15) is 6.92 Å². The average molecular weight is 362 g/mol. The molecule has 1 atom stereocenters. The van der Waals surface area contributed by atoms with Crippen molar-refractivity contribution in [2.75, 3.05) is 11.3 Å². The maximum Gasteiger partial charge on any atom is 0.236 e. The summed E-state index contributed by atoms with van der Waals surface area (Å²) in [6.07, 6.45) is 0. The third kappa shape index (κ3) is 3.48. The van der Waals surface area contributed by atoms with Crippen molar-refractivity contribution >= 4 is 54.8 Å². The van der Waals surface area contributed by atoms with Crippen LogP contribution >= 0.6 is 39.1 Å². The number of nitrogens with two attached hydrogens (primary N) is 1. The van der Waals surface area contributed by atoms with Gasteiger partial charge in [0.25, 0.3) is 0 Å². The van der Waals surface area contributed by atoms with Gasteiger partial charge in [-0.2, -0.15) is 0 Å². The number of nitrogens with one attached hydrogen (secondary N) is 1. The fraction of sp³-hybridized carbons (Fsp3) is 0.333. The van der Waals surface area contributed by atoms with Gasteiger partial charge in [0.1, 0.15) is 0 Å². The van der Waals surface area contributed by atoms with Gasteiger partial charge in [-0.1, -0.05) is 23.2 Å². The van der Waals surface area contributed by atoms with Crippen LogP contribution in [0.25, 0.3) is 0 Å². The van der Waals surface area contributed by atoms with Gasteiger partial charge in [-0.25, -0.2) is 8.42 Å². The van der Waals surface area contributed by atoms with Crippen LogP contribution in [0.4, 0.5) is 5.69 Å². The van der Waals surface area contributed by atoms with Gasteiger partial charge in [0.15, 0.2) is 0 Å². The molecule has 96 valence electrons. The van der Waals surface area contributed by atoms with Gasteiger partial charge in [0.05, 0.1) is 21.0 Å². The lowest BCUT2D eigenvalue weighted by atomic mass is 10.3. The molecule has 0 aliphatic heterocycles. The molecule has 0 saturated heterocycles. The van der Waals surface area contributed by atoms with Gasteiger partial charge in [0.2, 0.25) is 10.0 Å². The molecular formula is C9H11BrCl2N2O2S. The van der Waals surface area contributed by atoms with E-state index in [-0.39, 0.29) is 22.3 Å². The molecule has 0 aliphatic rings. The summed E-state index contributed by atoms with van der Waals surface area (Å²) in [4.78, 5) is 0. The van der Waals surface area contributed by atoms with Crippen LogP contribution in [0.2, 0.25) is 10.0 Å². The van der Waals surface area contributed by atoms with E-state index in [1.54, 1.807) is 6.07 Å². The molecule has 1 aromatic rings. The van der Waals surface area contributed by atoms with E-state index in [1.165, 1.54) is 13.0 Å². The van der Waals surface area contributed by atoms with Crippen LogP contribution in [0.5, 0.6) is 0 Å². The predicted octanol–water partition coefficient (Wildman–Crippen LogP) is 2.84. The Morgan fingerprint density at radius 3 is 2.53 bits per heavy atom. The highest BCUT2D eigenvalue weighted by molar-refractivity contribution is 9.10. The molecule has 4 nitrogen and oxygen atoms in total. The van der Waals surface area contributed by atoms with Gasteiger partial charge in [-0.05, 0) is 35.0 Å². The summed E-state index contributed by atoms with van der Waals surface area (Å²) in [7, 11) is -3.55. The summed E-state index contributed by atoms with van der Waals surface area (Å²) in [5.41, 5.74) is 5.55. The Balaban J connectivity index is 3.09.